The first-order valence-corrected chi connectivity index (χ1v) is 7.98. The molecule has 0 aliphatic carbocycles. The van der Waals surface area contributed by atoms with E-state index in [-0.39, 0.29) is 12.0 Å². The van der Waals surface area contributed by atoms with Crippen molar-refractivity contribution in [1.29, 1.82) is 0 Å². The van der Waals surface area contributed by atoms with Crippen molar-refractivity contribution in [1.82, 2.24) is 35.5 Å². The molecule has 0 spiro atoms. The Labute approximate surface area is 143 Å². The Hall–Kier alpha value is -3.07. The van der Waals surface area contributed by atoms with Gasteiger partial charge < -0.3 is 9.64 Å². The molecular weight excluding hydrogens is 322 g/mol. The lowest BCUT2D eigenvalue weighted by Gasteiger charge is -2.31. The highest BCUT2D eigenvalue weighted by molar-refractivity contribution is 5.97. The average molecular weight is 339 g/mol. The highest BCUT2D eigenvalue weighted by atomic mass is 16.5. The fourth-order valence-corrected chi connectivity index (χ4v) is 2.82. The molecule has 0 radical (unpaired) electrons. The minimum absolute atomic E-state index is 0.187. The summed E-state index contributed by atoms with van der Waals surface area (Å²) in [5, 5.41) is 17.7. The van der Waals surface area contributed by atoms with E-state index in [9.17, 15) is 4.79 Å². The maximum Gasteiger partial charge on any atom is 0.276 e. The number of nitrogens with zero attached hydrogens (tertiary/aromatic N) is 5. The quantitative estimate of drug-likeness (QED) is 0.739. The zero-order valence-electron chi connectivity index (χ0n) is 13.6. The molecule has 9 heteroatoms. The number of aryl methyl sites for hydroxylation is 1. The number of ether oxygens (including phenoxy) is 1. The normalized spacial score (nSPS) is 17.6. The number of rotatable bonds is 3. The van der Waals surface area contributed by atoms with Crippen LogP contribution < -0.4 is 0 Å². The Morgan fingerprint density at radius 1 is 1.24 bits per heavy atom. The van der Waals surface area contributed by atoms with Crippen LogP contribution in [0.5, 0.6) is 0 Å². The molecule has 1 fully saturated rings. The van der Waals surface area contributed by atoms with E-state index < -0.39 is 0 Å². The summed E-state index contributed by atoms with van der Waals surface area (Å²) in [4.78, 5) is 18.9. The zero-order valence-corrected chi connectivity index (χ0v) is 13.6. The van der Waals surface area contributed by atoms with Crippen molar-refractivity contribution in [2.24, 2.45) is 0 Å². The molecule has 4 rings (SSSR count). The number of aromatic nitrogens is 6. The number of carbonyl (C=O) groups is 1. The molecule has 1 aliphatic heterocycles. The van der Waals surface area contributed by atoms with Crippen molar-refractivity contribution >= 4 is 5.91 Å². The Morgan fingerprint density at radius 3 is 2.84 bits per heavy atom. The van der Waals surface area contributed by atoms with Crippen LogP contribution >= 0.6 is 0 Å². The van der Waals surface area contributed by atoms with E-state index in [0.717, 1.165) is 5.56 Å². The van der Waals surface area contributed by atoms with Crippen LogP contribution in [-0.2, 0) is 4.74 Å². The fourth-order valence-electron chi connectivity index (χ4n) is 2.82. The van der Waals surface area contributed by atoms with Crippen molar-refractivity contribution in [2.75, 3.05) is 19.7 Å². The van der Waals surface area contributed by atoms with Gasteiger partial charge in [0.25, 0.3) is 5.91 Å². The van der Waals surface area contributed by atoms with Gasteiger partial charge in [-0.1, -0.05) is 30.3 Å². The average Bonchev–Trinajstić information content (AvgIpc) is 3.31. The molecule has 0 bridgehead atoms. The molecule has 3 aromatic rings. The lowest BCUT2D eigenvalue weighted by molar-refractivity contribution is -0.0268. The number of amides is 1. The minimum Gasteiger partial charge on any atom is -0.366 e. The second-order valence-electron chi connectivity index (χ2n) is 5.78. The molecule has 1 saturated heterocycles. The van der Waals surface area contributed by atoms with E-state index in [0.29, 0.717) is 42.7 Å². The van der Waals surface area contributed by atoms with Crippen molar-refractivity contribution in [3.63, 3.8) is 0 Å². The minimum atomic E-state index is -0.352. The molecule has 2 N–H and O–H groups in total. The summed E-state index contributed by atoms with van der Waals surface area (Å²) >= 11 is 0. The lowest BCUT2D eigenvalue weighted by Crippen LogP contribution is -2.42. The predicted molar refractivity (Wildman–Crippen MR) is 87.5 cm³/mol. The summed E-state index contributed by atoms with van der Waals surface area (Å²) in [6.45, 7) is 3.10. The van der Waals surface area contributed by atoms with Gasteiger partial charge in [-0.15, -0.1) is 0 Å². The highest BCUT2D eigenvalue weighted by Gasteiger charge is 2.31. The molecule has 0 saturated carbocycles. The smallest absolute Gasteiger partial charge is 0.276 e. The number of H-pyrrole nitrogens is 2. The largest absolute Gasteiger partial charge is 0.366 e. The van der Waals surface area contributed by atoms with E-state index in [4.69, 9.17) is 4.74 Å². The van der Waals surface area contributed by atoms with Gasteiger partial charge in [0, 0.05) is 12.1 Å². The summed E-state index contributed by atoms with van der Waals surface area (Å²) in [6.07, 6.45) is -0.352. The van der Waals surface area contributed by atoms with Crippen LogP contribution in [0.1, 0.15) is 28.2 Å². The third-order valence-electron chi connectivity index (χ3n) is 4.05. The van der Waals surface area contributed by atoms with Crippen LogP contribution in [0, 0.1) is 6.92 Å². The standard InChI is InChI=1S/C16H17N7O2/c1-10-17-15(21-18-10)12-9-23(7-8-25-12)16(24)14-13(19-22-20-14)11-5-3-2-4-6-11/h2-6,12H,7-9H2,1H3,(H,17,18,21)(H,19,20,22)/t12-/m0/s1. The molecule has 1 aromatic carbocycles. The first kappa shape index (κ1) is 15.5. The third-order valence-corrected chi connectivity index (χ3v) is 4.05. The molecule has 1 amide bonds. The molecule has 3 heterocycles. The number of benzene rings is 1. The number of aromatic amines is 2. The second kappa shape index (κ2) is 6.44. The number of nitrogens with one attached hydrogen (secondary N) is 2. The van der Waals surface area contributed by atoms with E-state index in [1.807, 2.05) is 37.3 Å². The predicted octanol–water partition coefficient (Wildman–Crippen LogP) is 1.11. The maximum absolute atomic E-state index is 12.9. The van der Waals surface area contributed by atoms with E-state index in [2.05, 4.69) is 30.6 Å². The summed E-state index contributed by atoms with van der Waals surface area (Å²) < 4.78 is 5.71. The fraction of sp³-hybridized carbons (Fsp3) is 0.312. The van der Waals surface area contributed by atoms with Crippen LogP contribution in [0.25, 0.3) is 11.3 Å². The van der Waals surface area contributed by atoms with Crippen molar-refractivity contribution in [3.8, 4) is 11.3 Å². The van der Waals surface area contributed by atoms with Gasteiger partial charge in [-0.25, -0.2) is 4.98 Å². The monoisotopic (exact) mass is 339 g/mol. The van der Waals surface area contributed by atoms with Crippen LogP contribution in [-0.4, -0.2) is 61.1 Å². The Balaban J connectivity index is 1.56. The van der Waals surface area contributed by atoms with Gasteiger partial charge in [0.05, 0.1) is 13.2 Å². The molecule has 128 valence electrons. The summed E-state index contributed by atoms with van der Waals surface area (Å²) in [5.41, 5.74) is 1.69. The SMILES string of the molecule is Cc1nc([C@@H]2CN(C(=O)c3n[nH]nc3-c3ccccc3)CCO2)n[nH]1. The van der Waals surface area contributed by atoms with Crippen molar-refractivity contribution < 1.29 is 9.53 Å². The van der Waals surface area contributed by atoms with E-state index in [1.54, 1.807) is 4.90 Å². The maximum atomic E-state index is 12.9. The number of hydrogen-bond acceptors (Lipinski definition) is 6. The lowest BCUT2D eigenvalue weighted by atomic mass is 10.1. The second-order valence-corrected chi connectivity index (χ2v) is 5.78. The Kier molecular flexibility index (Phi) is 3.98. The third kappa shape index (κ3) is 3.01. The first-order chi connectivity index (χ1) is 12.2. The van der Waals surface area contributed by atoms with Crippen LogP contribution in [0.3, 0.4) is 0 Å². The van der Waals surface area contributed by atoms with Crippen molar-refractivity contribution in [3.05, 3.63) is 47.7 Å². The van der Waals surface area contributed by atoms with Crippen molar-refractivity contribution in [2.45, 2.75) is 13.0 Å². The molecular formula is C16H17N7O2. The Bertz CT molecular complexity index is 874. The van der Waals surface area contributed by atoms with Gasteiger partial charge in [0.2, 0.25) is 0 Å². The summed E-state index contributed by atoms with van der Waals surface area (Å²) in [6, 6.07) is 9.50. The van der Waals surface area contributed by atoms with E-state index >= 15 is 0 Å². The molecule has 0 unspecified atom stereocenters. The summed E-state index contributed by atoms with van der Waals surface area (Å²) in [7, 11) is 0. The highest BCUT2D eigenvalue weighted by Crippen LogP contribution is 2.24. The first-order valence-electron chi connectivity index (χ1n) is 7.98. The topological polar surface area (TPSA) is 113 Å². The van der Waals surface area contributed by atoms with Gasteiger partial charge in [0.15, 0.2) is 11.5 Å². The summed E-state index contributed by atoms with van der Waals surface area (Å²) in [5.74, 6) is 1.08. The number of morpholine rings is 1. The number of carbonyl (C=O) groups excluding carboxylic acids is 1. The van der Waals surface area contributed by atoms with Crippen LogP contribution in [0.2, 0.25) is 0 Å². The number of hydrogen-bond donors (Lipinski definition) is 2. The van der Waals surface area contributed by atoms with Gasteiger partial charge in [-0.3, -0.25) is 9.89 Å². The van der Waals surface area contributed by atoms with Gasteiger partial charge in [-0.05, 0) is 6.92 Å². The van der Waals surface area contributed by atoms with E-state index in [1.165, 1.54) is 0 Å². The molecule has 1 aliphatic rings. The zero-order chi connectivity index (χ0) is 17.2. The van der Waals surface area contributed by atoms with Gasteiger partial charge in [-0.2, -0.15) is 20.5 Å². The van der Waals surface area contributed by atoms with Crippen LogP contribution in [0.15, 0.2) is 30.3 Å². The Morgan fingerprint density at radius 2 is 2.08 bits per heavy atom. The molecule has 1 atom stereocenters. The molecule has 25 heavy (non-hydrogen) atoms. The van der Waals surface area contributed by atoms with Gasteiger partial charge in [0.1, 0.15) is 17.6 Å². The van der Waals surface area contributed by atoms with Gasteiger partial charge >= 0.3 is 0 Å². The van der Waals surface area contributed by atoms with Crippen LogP contribution in [0.4, 0.5) is 0 Å². The molecule has 9 nitrogen and oxygen atoms in total. The molecule has 2 aromatic heterocycles.